The fourth-order valence-corrected chi connectivity index (χ4v) is 4.03. The Morgan fingerprint density at radius 1 is 0.688 bits per heavy atom. The molecule has 0 saturated carbocycles. The smallest absolute Gasteiger partial charge is 0.245 e. The number of carbonyl (C=O) groups excluding carboxylic acids is 1. The molecule has 0 aliphatic carbocycles. The second kappa shape index (κ2) is 22.1. The number of rotatable bonds is 23. The molecule has 4 atom stereocenters. The number of amides is 1. The van der Waals surface area contributed by atoms with E-state index in [1.165, 1.54) is 70.6 Å². The lowest BCUT2D eigenvalue weighted by atomic mass is 10.0. The van der Waals surface area contributed by atoms with Crippen LogP contribution in [0.15, 0.2) is 0 Å². The molecule has 32 heavy (non-hydrogen) atoms. The third kappa shape index (κ3) is 16.8. The van der Waals surface area contributed by atoms with E-state index in [0.717, 1.165) is 13.0 Å². The van der Waals surface area contributed by atoms with Gasteiger partial charge in [-0.15, -0.1) is 0 Å². The molecule has 0 aromatic heterocycles. The Balaban J connectivity index is 4.03. The van der Waals surface area contributed by atoms with Crippen LogP contribution < -0.4 is 16.1 Å². The van der Waals surface area contributed by atoms with Crippen LogP contribution in [-0.4, -0.2) is 58.7 Å². The van der Waals surface area contributed by atoms with Gasteiger partial charge in [0.1, 0.15) is 0 Å². The summed E-state index contributed by atoms with van der Waals surface area (Å²) >= 11 is 0. The Hall–Kier alpha value is -0.730. The van der Waals surface area contributed by atoms with E-state index in [2.05, 4.69) is 17.6 Å². The summed E-state index contributed by atoms with van der Waals surface area (Å²) in [5.74, 6) is -0.535. The maximum Gasteiger partial charge on any atom is 0.245 e. The van der Waals surface area contributed by atoms with E-state index in [1.54, 1.807) is 5.48 Å². The molecule has 192 valence electrons. The van der Waals surface area contributed by atoms with E-state index in [0.29, 0.717) is 19.4 Å². The van der Waals surface area contributed by atoms with Crippen LogP contribution in [0.2, 0.25) is 0 Å². The molecule has 0 radical (unpaired) electrons. The fraction of sp³-hybridized carbons (Fsp3) is 0.960. The molecule has 4 unspecified atom stereocenters. The molecule has 7 nitrogen and oxygen atoms in total. The Labute approximate surface area is 197 Å². The monoisotopic (exact) mass is 459 g/mol. The SMILES string of the molecule is CCCCCCCCCCCCCCNC(CNC(CC(=O)NO)C(O)CC)C(O)CC. The van der Waals surface area contributed by atoms with Gasteiger partial charge in [0.05, 0.1) is 12.2 Å². The van der Waals surface area contributed by atoms with Gasteiger partial charge < -0.3 is 20.8 Å². The van der Waals surface area contributed by atoms with Gasteiger partial charge in [0.15, 0.2) is 0 Å². The zero-order valence-electron chi connectivity index (χ0n) is 21.1. The molecular weight excluding hydrogens is 406 g/mol. The van der Waals surface area contributed by atoms with Gasteiger partial charge in [0.2, 0.25) is 5.91 Å². The average Bonchev–Trinajstić information content (AvgIpc) is 2.81. The van der Waals surface area contributed by atoms with E-state index in [4.69, 9.17) is 5.21 Å². The van der Waals surface area contributed by atoms with Crippen molar-refractivity contribution in [2.75, 3.05) is 13.1 Å². The first kappa shape index (κ1) is 31.3. The highest BCUT2D eigenvalue weighted by atomic mass is 16.5. The largest absolute Gasteiger partial charge is 0.392 e. The van der Waals surface area contributed by atoms with Crippen LogP contribution in [0.3, 0.4) is 0 Å². The summed E-state index contributed by atoms with van der Waals surface area (Å²) in [7, 11) is 0. The molecule has 0 aromatic carbocycles. The zero-order chi connectivity index (χ0) is 24.0. The van der Waals surface area contributed by atoms with Crippen molar-refractivity contribution >= 4 is 5.91 Å². The topological polar surface area (TPSA) is 114 Å². The van der Waals surface area contributed by atoms with Crippen LogP contribution in [0.4, 0.5) is 0 Å². The number of unbranched alkanes of at least 4 members (excludes halogenated alkanes) is 11. The highest BCUT2D eigenvalue weighted by Crippen LogP contribution is 2.12. The highest BCUT2D eigenvalue weighted by molar-refractivity contribution is 5.75. The molecule has 7 heteroatoms. The first-order valence-electron chi connectivity index (χ1n) is 13.3. The number of carbonyl (C=O) groups is 1. The van der Waals surface area contributed by atoms with E-state index in [-0.39, 0.29) is 12.5 Å². The number of hydrogen-bond donors (Lipinski definition) is 6. The van der Waals surface area contributed by atoms with Crippen molar-refractivity contribution in [2.45, 2.75) is 141 Å². The van der Waals surface area contributed by atoms with Crippen LogP contribution >= 0.6 is 0 Å². The minimum absolute atomic E-state index is 0.0147. The summed E-state index contributed by atoms with van der Waals surface area (Å²) in [5.41, 5.74) is 1.62. The molecule has 0 spiro atoms. The lowest BCUT2D eigenvalue weighted by molar-refractivity contribution is -0.130. The Morgan fingerprint density at radius 2 is 1.16 bits per heavy atom. The first-order valence-corrected chi connectivity index (χ1v) is 13.3. The van der Waals surface area contributed by atoms with Crippen molar-refractivity contribution in [1.29, 1.82) is 0 Å². The summed E-state index contributed by atoms with van der Waals surface area (Å²) in [4.78, 5) is 11.5. The molecule has 0 aliphatic rings. The lowest BCUT2D eigenvalue weighted by Crippen LogP contribution is -2.52. The summed E-state index contributed by atoms with van der Waals surface area (Å²) < 4.78 is 0. The normalized spacial score (nSPS) is 15.3. The van der Waals surface area contributed by atoms with E-state index < -0.39 is 24.2 Å². The lowest BCUT2D eigenvalue weighted by Gasteiger charge is -2.28. The van der Waals surface area contributed by atoms with Crippen molar-refractivity contribution in [1.82, 2.24) is 16.1 Å². The predicted molar refractivity (Wildman–Crippen MR) is 132 cm³/mol. The van der Waals surface area contributed by atoms with Gasteiger partial charge in [-0.1, -0.05) is 91.4 Å². The molecule has 0 bridgehead atoms. The molecule has 1 amide bonds. The molecule has 0 fully saturated rings. The third-order valence-electron chi connectivity index (χ3n) is 6.33. The zero-order valence-corrected chi connectivity index (χ0v) is 21.1. The summed E-state index contributed by atoms with van der Waals surface area (Å²) in [5, 5.41) is 35.9. The van der Waals surface area contributed by atoms with Gasteiger partial charge in [-0.05, 0) is 25.8 Å². The maximum absolute atomic E-state index is 11.5. The van der Waals surface area contributed by atoms with Gasteiger partial charge >= 0.3 is 0 Å². The van der Waals surface area contributed by atoms with Gasteiger partial charge in [-0.3, -0.25) is 10.0 Å². The van der Waals surface area contributed by atoms with Crippen molar-refractivity contribution in [3.05, 3.63) is 0 Å². The number of aliphatic hydroxyl groups is 2. The predicted octanol–water partition coefficient (Wildman–Crippen LogP) is 4.04. The molecule has 0 aromatic rings. The van der Waals surface area contributed by atoms with Crippen LogP contribution in [0.1, 0.15) is 117 Å². The molecule has 0 rings (SSSR count). The summed E-state index contributed by atoms with van der Waals surface area (Å²) in [6.07, 6.45) is 15.7. The standard InChI is InChI=1S/C25H53N3O4/c1-4-7-8-9-10-11-12-13-14-15-16-17-18-26-22(24(30)6-3)20-27-21(23(29)5-2)19-25(31)28-32/h21-24,26-27,29-30,32H,4-20H2,1-3H3,(H,28,31). The second-order valence-electron chi connectivity index (χ2n) is 9.15. The molecular formula is C25H53N3O4. The van der Waals surface area contributed by atoms with Gasteiger partial charge in [-0.25, -0.2) is 5.48 Å². The van der Waals surface area contributed by atoms with Crippen molar-refractivity contribution in [3.8, 4) is 0 Å². The minimum Gasteiger partial charge on any atom is -0.392 e. The average molecular weight is 460 g/mol. The third-order valence-corrected chi connectivity index (χ3v) is 6.33. The number of aliphatic hydroxyl groups excluding tert-OH is 2. The number of nitrogens with one attached hydrogen (secondary N) is 3. The maximum atomic E-state index is 11.5. The van der Waals surface area contributed by atoms with Gasteiger partial charge in [0, 0.05) is 25.0 Å². The van der Waals surface area contributed by atoms with Crippen molar-refractivity contribution in [3.63, 3.8) is 0 Å². The van der Waals surface area contributed by atoms with Crippen molar-refractivity contribution in [2.24, 2.45) is 0 Å². The Morgan fingerprint density at radius 3 is 1.62 bits per heavy atom. The Bertz CT molecular complexity index is 426. The fourth-order valence-electron chi connectivity index (χ4n) is 4.03. The van der Waals surface area contributed by atoms with Crippen molar-refractivity contribution < 1.29 is 20.2 Å². The van der Waals surface area contributed by atoms with E-state index in [9.17, 15) is 15.0 Å². The quantitative estimate of drug-likeness (QED) is 0.0781. The molecule has 0 aliphatic heterocycles. The first-order chi connectivity index (χ1) is 15.5. The van der Waals surface area contributed by atoms with Gasteiger partial charge in [0.25, 0.3) is 0 Å². The van der Waals surface area contributed by atoms with Crippen LogP contribution in [-0.2, 0) is 4.79 Å². The van der Waals surface area contributed by atoms with Crippen LogP contribution in [0.25, 0.3) is 0 Å². The van der Waals surface area contributed by atoms with Crippen LogP contribution in [0.5, 0.6) is 0 Å². The van der Waals surface area contributed by atoms with Gasteiger partial charge in [-0.2, -0.15) is 0 Å². The molecule has 0 heterocycles. The molecule has 0 saturated heterocycles. The number of hydrogen-bond acceptors (Lipinski definition) is 6. The van der Waals surface area contributed by atoms with Crippen LogP contribution in [0, 0.1) is 0 Å². The minimum atomic E-state index is -0.692. The highest BCUT2D eigenvalue weighted by Gasteiger charge is 2.24. The summed E-state index contributed by atoms with van der Waals surface area (Å²) in [6.45, 7) is 7.35. The second-order valence-corrected chi connectivity index (χ2v) is 9.15. The number of hydroxylamine groups is 1. The Kier molecular flexibility index (Phi) is 21.6. The molecule has 6 N–H and O–H groups in total. The van der Waals surface area contributed by atoms with E-state index >= 15 is 0 Å². The summed E-state index contributed by atoms with van der Waals surface area (Å²) in [6, 6.07) is -0.608. The van der Waals surface area contributed by atoms with E-state index in [1.807, 2.05) is 13.8 Å².